The number of hydrogen-bond donors (Lipinski definition) is 1. The van der Waals surface area contributed by atoms with Gasteiger partial charge in [-0.25, -0.2) is 0 Å². The molecule has 7 nitrogen and oxygen atoms in total. The first-order valence-electron chi connectivity index (χ1n) is 8.66. The van der Waals surface area contributed by atoms with E-state index in [0.717, 1.165) is 16.7 Å². The van der Waals surface area contributed by atoms with E-state index in [2.05, 4.69) is 5.32 Å². The van der Waals surface area contributed by atoms with E-state index in [1.54, 1.807) is 12.1 Å². The van der Waals surface area contributed by atoms with Crippen LogP contribution in [-0.2, 0) is 6.54 Å². The molecule has 1 heterocycles. The predicted molar refractivity (Wildman–Crippen MR) is 107 cm³/mol. The van der Waals surface area contributed by atoms with Crippen molar-refractivity contribution < 1.29 is 9.72 Å². The summed E-state index contributed by atoms with van der Waals surface area (Å²) < 4.78 is 1.40. The van der Waals surface area contributed by atoms with Crippen molar-refractivity contribution in [3.05, 3.63) is 104 Å². The number of non-ortho nitro benzene ring substituents is 1. The Balaban J connectivity index is 1.80. The highest BCUT2D eigenvalue weighted by molar-refractivity contribution is 6.04. The number of aryl methyl sites for hydroxylation is 2. The van der Waals surface area contributed by atoms with Gasteiger partial charge in [0.1, 0.15) is 0 Å². The fraction of sp³-hybridized carbons (Fsp3) is 0.143. The van der Waals surface area contributed by atoms with Crippen molar-refractivity contribution in [1.29, 1.82) is 0 Å². The van der Waals surface area contributed by atoms with Crippen LogP contribution < -0.4 is 10.9 Å². The van der Waals surface area contributed by atoms with Crippen molar-refractivity contribution in [2.45, 2.75) is 20.4 Å². The molecule has 1 N–H and O–H groups in total. The summed E-state index contributed by atoms with van der Waals surface area (Å²) in [5.74, 6) is -0.319. The third-order valence-electron chi connectivity index (χ3n) is 4.51. The Morgan fingerprint density at radius 1 is 1.04 bits per heavy atom. The van der Waals surface area contributed by atoms with Gasteiger partial charge in [0.25, 0.3) is 17.2 Å². The van der Waals surface area contributed by atoms with Gasteiger partial charge >= 0.3 is 0 Å². The Kier molecular flexibility index (Phi) is 5.35. The minimum atomic E-state index is -0.478. The second kappa shape index (κ2) is 7.87. The van der Waals surface area contributed by atoms with Crippen LogP contribution in [0.2, 0.25) is 0 Å². The number of hydrogen-bond acceptors (Lipinski definition) is 4. The Morgan fingerprint density at radius 2 is 1.75 bits per heavy atom. The van der Waals surface area contributed by atoms with E-state index in [4.69, 9.17) is 0 Å². The average molecular weight is 377 g/mol. The summed E-state index contributed by atoms with van der Waals surface area (Å²) in [7, 11) is 0. The van der Waals surface area contributed by atoms with Gasteiger partial charge < -0.3 is 9.88 Å². The molecule has 0 unspecified atom stereocenters. The molecule has 0 spiro atoms. The van der Waals surface area contributed by atoms with Gasteiger partial charge in [0, 0.05) is 30.1 Å². The fourth-order valence-electron chi connectivity index (χ4n) is 2.73. The van der Waals surface area contributed by atoms with Gasteiger partial charge in [-0.2, -0.15) is 0 Å². The second-order valence-electron chi connectivity index (χ2n) is 6.56. The van der Waals surface area contributed by atoms with Gasteiger partial charge in [-0.3, -0.25) is 19.7 Å². The third kappa shape index (κ3) is 4.32. The van der Waals surface area contributed by atoms with Crippen LogP contribution >= 0.6 is 0 Å². The Morgan fingerprint density at radius 3 is 2.39 bits per heavy atom. The predicted octanol–water partition coefficient (Wildman–Crippen LogP) is 3.67. The van der Waals surface area contributed by atoms with Crippen LogP contribution in [0.3, 0.4) is 0 Å². The number of pyridine rings is 1. The van der Waals surface area contributed by atoms with E-state index in [1.807, 2.05) is 32.0 Å². The number of aromatic nitrogens is 1. The summed E-state index contributed by atoms with van der Waals surface area (Å²) in [4.78, 5) is 34.9. The molecule has 0 aliphatic carbocycles. The van der Waals surface area contributed by atoms with Crippen LogP contribution in [0.4, 0.5) is 11.4 Å². The lowest BCUT2D eigenvalue weighted by Gasteiger charge is -2.10. The van der Waals surface area contributed by atoms with Gasteiger partial charge in [-0.1, -0.05) is 18.2 Å². The lowest BCUT2D eigenvalue weighted by atomic mass is 10.1. The van der Waals surface area contributed by atoms with Gasteiger partial charge in [-0.05, 0) is 48.7 Å². The van der Waals surface area contributed by atoms with E-state index < -0.39 is 4.92 Å². The first-order chi connectivity index (χ1) is 13.3. The summed E-state index contributed by atoms with van der Waals surface area (Å²) in [5, 5.41) is 13.6. The van der Waals surface area contributed by atoms with Gasteiger partial charge in [-0.15, -0.1) is 0 Å². The van der Waals surface area contributed by atoms with Crippen LogP contribution in [0, 0.1) is 24.0 Å². The van der Waals surface area contributed by atoms with E-state index >= 15 is 0 Å². The summed E-state index contributed by atoms with van der Waals surface area (Å²) in [5.41, 5.74) is 3.68. The highest BCUT2D eigenvalue weighted by atomic mass is 16.6. The van der Waals surface area contributed by atoms with Crippen molar-refractivity contribution >= 4 is 17.3 Å². The second-order valence-corrected chi connectivity index (χ2v) is 6.56. The highest BCUT2D eigenvalue weighted by Crippen LogP contribution is 2.16. The molecule has 0 bridgehead atoms. The molecule has 1 aromatic heterocycles. The number of nitrogens with zero attached hydrogens (tertiary/aromatic N) is 2. The molecular weight excluding hydrogens is 358 g/mol. The van der Waals surface area contributed by atoms with Crippen LogP contribution in [0.1, 0.15) is 27.0 Å². The zero-order valence-corrected chi connectivity index (χ0v) is 15.5. The summed E-state index contributed by atoms with van der Waals surface area (Å²) in [6, 6.07) is 14.4. The normalized spacial score (nSPS) is 10.5. The smallest absolute Gasteiger partial charge is 0.269 e. The quantitative estimate of drug-likeness (QED) is 0.542. The summed E-state index contributed by atoms with van der Waals surface area (Å²) in [6.07, 6.45) is 1.49. The molecule has 0 atom stereocenters. The lowest BCUT2D eigenvalue weighted by molar-refractivity contribution is -0.384. The molecule has 1 amide bonds. The van der Waals surface area contributed by atoms with Crippen molar-refractivity contribution in [2.24, 2.45) is 0 Å². The number of anilines is 1. The number of rotatable bonds is 5. The Bertz CT molecular complexity index is 1100. The molecule has 0 fully saturated rings. The zero-order valence-electron chi connectivity index (χ0n) is 15.5. The van der Waals surface area contributed by atoms with Gasteiger partial charge in [0.2, 0.25) is 0 Å². The van der Waals surface area contributed by atoms with Crippen molar-refractivity contribution in [2.75, 3.05) is 5.32 Å². The van der Waals surface area contributed by atoms with Crippen molar-refractivity contribution in [3.8, 4) is 0 Å². The maximum atomic E-state index is 12.5. The van der Waals surface area contributed by atoms with Crippen LogP contribution in [-0.4, -0.2) is 15.4 Å². The number of amides is 1. The minimum Gasteiger partial charge on any atom is -0.322 e. The molecule has 0 aliphatic rings. The zero-order chi connectivity index (χ0) is 20.3. The molecule has 28 heavy (non-hydrogen) atoms. The maximum Gasteiger partial charge on any atom is 0.269 e. The first-order valence-corrected chi connectivity index (χ1v) is 8.66. The number of nitrogens with one attached hydrogen (secondary N) is 1. The largest absolute Gasteiger partial charge is 0.322 e. The topological polar surface area (TPSA) is 94.2 Å². The number of nitro groups is 1. The lowest BCUT2D eigenvalue weighted by Crippen LogP contribution is -2.22. The molecule has 0 saturated heterocycles. The molecule has 3 rings (SSSR count). The first kappa shape index (κ1) is 19.0. The van der Waals surface area contributed by atoms with E-state index in [9.17, 15) is 19.7 Å². The van der Waals surface area contributed by atoms with E-state index in [0.29, 0.717) is 11.3 Å². The molecule has 0 saturated carbocycles. The maximum absolute atomic E-state index is 12.5. The third-order valence-corrected chi connectivity index (χ3v) is 4.51. The fourth-order valence-corrected chi connectivity index (χ4v) is 2.73. The number of nitro benzene ring substituents is 1. The van der Waals surface area contributed by atoms with Gasteiger partial charge in [0.05, 0.1) is 17.0 Å². The highest BCUT2D eigenvalue weighted by Gasteiger charge is 2.10. The Labute approximate surface area is 161 Å². The average Bonchev–Trinajstić information content (AvgIpc) is 2.67. The molecule has 142 valence electrons. The molecule has 3 aromatic rings. The van der Waals surface area contributed by atoms with Crippen molar-refractivity contribution in [3.63, 3.8) is 0 Å². The number of carbonyl (C=O) groups excluding carboxylic acids is 1. The minimum absolute atomic E-state index is 0.0161. The van der Waals surface area contributed by atoms with Crippen LogP contribution in [0.15, 0.2) is 65.6 Å². The van der Waals surface area contributed by atoms with Crippen molar-refractivity contribution in [1.82, 2.24) is 4.57 Å². The van der Waals surface area contributed by atoms with E-state index in [1.165, 1.54) is 35.0 Å². The number of carbonyl (C=O) groups is 1. The summed E-state index contributed by atoms with van der Waals surface area (Å²) >= 11 is 0. The molecule has 0 radical (unpaired) electrons. The molecular formula is C21H19N3O4. The standard InChI is InChI=1S/C21H19N3O4/c1-14-3-7-18(11-15(14)2)22-21(26)17-6-10-20(25)23(13-17)12-16-4-8-19(9-5-16)24(27)28/h3-11,13H,12H2,1-2H3,(H,22,26). The SMILES string of the molecule is Cc1ccc(NC(=O)c2ccc(=O)n(Cc3ccc([N+](=O)[O-])cc3)c2)cc1C. The summed E-state index contributed by atoms with van der Waals surface area (Å²) in [6.45, 7) is 4.17. The van der Waals surface area contributed by atoms with Crippen LogP contribution in [0.5, 0.6) is 0 Å². The van der Waals surface area contributed by atoms with Crippen LogP contribution in [0.25, 0.3) is 0 Å². The number of benzene rings is 2. The van der Waals surface area contributed by atoms with E-state index in [-0.39, 0.29) is 23.7 Å². The monoisotopic (exact) mass is 377 g/mol. The molecule has 0 aliphatic heterocycles. The molecule has 2 aromatic carbocycles. The van der Waals surface area contributed by atoms with Gasteiger partial charge in [0.15, 0.2) is 0 Å². The molecule has 7 heteroatoms. The Hall–Kier alpha value is -3.74.